The lowest BCUT2D eigenvalue weighted by Gasteiger charge is -2.12. The number of halogens is 3. The van der Waals surface area contributed by atoms with Gasteiger partial charge in [-0.3, -0.25) is 9.36 Å². The molecule has 0 aliphatic heterocycles. The third kappa shape index (κ3) is 2.72. The summed E-state index contributed by atoms with van der Waals surface area (Å²) in [7, 11) is 0. The number of hydrogen-bond acceptors (Lipinski definition) is 2. The first-order chi connectivity index (χ1) is 10.6. The number of hydrogen-bond donors (Lipinski definition) is 0. The summed E-state index contributed by atoms with van der Waals surface area (Å²) in [5, 5.41) is 0.525. The highest BCUT2D eigenvalue weighted by Crippen LogP contribution is 2.20. The molecule has 2 aromatic carbocycles. The molecule has 0 bridgehead atoms. The van der Waals surface area contributed by atoms with Gasteiger partial charge in [-0.1, -0.05) is 35.9 Å². The molecule has 3 rings (SSSR count). The summed E-state index contributed by atoms with van der Waals surface area (Å²) in [5.74, 6) is 0. The highest BCUT2D eigenvalue weighted by atomic mass is 35.5. The van der Waals surface area contributed by atoms with Crippen LogP contribution in [-0.4, -0.2) is 16.0 Å². The van der Waals surface area contributed by atoms with Gasteiger partial charge < -0.3 is 0 Å². The van der Waals surface area contributed by atoms with Crippen molar-refractivity contribution < 1.29 is 8.78 Å². The Balaban J connectivity index is 2.29. The fraction of sp³-hybridized carbons (Fsp3) is 0.125. The number of nitrogens with zero attached hydrogens (tertiary/aromatic N) is 2. The Morgan fingerprint density at radius 1 is 1.09 bits per heavy atom. The zero-order valence-electron chi connectivity index (χ0n) is 11.3. The van der Waals surface area contributed by atoms with E-state index in [-0.39, 0.29) is 5.69 Å². The van der Waals surface area contributed by atoms with Gasteiger partial charge in [0.1, 0.15) is 5.69 Å². The Labute approximate surface area is 129 Å². The van der Waals surface area contributed by atoms with Crippen LogP contribution in [0, 0.1) is 0 Å². The molecule has 3 nitrogen and oxygen atoms in total. The first kappa shape index (κ1) is 14.7. The molecule has 0 saturated heterocycles. The Kier molecular flexibility index (Phi) is 3.90. The first-order valence-corrected chi connectivity index (χ1v) is 6.98. The van der Waals surface area contributed by atoms with Gasteiger partial charge in [0.25, 0.3) is 12.0 Å². The minimum Gasteiger partial charge on any atom is -0.299 e. The molecule has 0 amide bonds. The van der Waals surface area contributed by atoms with Crippen molar-refractivity contribution in [1.82, 2.24) is 9.55 Å². The average molecular weight is 321 g/mol. The number of rotatable bonds is 3. The minimum absolute atomic E-state index is 0.135. The van der Waals surface area contributed by atoms with Crippen molar-refractivity contribution >= 4 is 22.6 Å². The van der Waals surface area contributed by atoms with Gasteiger partial charge in [-0.05, 0) is 24.3 Å². The monoisotopic (exact) mass is 320 g/mol. The molecule has 1 heterocycles. The summed E-state index contributed by atoms with van der Waals surface area (Å²) in [6, 6.07) is 13.3. The second-order valence-corrected chi connectivity index (χ2v) is 5.20. The van der Waals surface area contributed by atoms with Crippen LogP contribution < -0.4 is 5.56 Å². The third-order valence-electron chi connectivity index (χ3n) is 3.29. The molecule has 1 aromatic heterocycles. The van der Waals surface area contributed by atoms with Crippen molar-refractivity contribution in [2.45, 2.75) is 13.0 Å². The molecule has 3 aromatic rings. The summed E-state index contributed by atoms with van der Waals surface area (Å²) in [4.78, 5) is 16.9. The molecular weight excluding hydrogens is 310 g/mol. The predicted octanol–water partition coefficient (Wildman–Crippen LogP) is 3.98. The van der Waals surface area contributed by atoms with Gasteiger partial charge in [-0.2, -0.15) is 0 Å². The molecule has 0 N–H and O–H groups in total. The van der Waals surface area contributed by atoms with Crippen molar-refractivity contribution in [3.63, 3.8) is 0 Å². The van der Waals surface area contributed by atoms with Gasteiger partial charge in [-0.15, -0.1) is 0 Å². The number of aromatic nitrogens is 2. The van der Waals surface area contributed by atoms with Crippen LogP contribution >= 0.6 is 11.6 Å². The van der Waals surface area contributed by atoms with E-state index >= 15 is 0 Å². The molecular formula is C16H11ClF2N2O. The molecule has 0 aliphatic rings. The van der Waals surface area contributed by atoms with Gasteiger partial charge in [0.2, 0.25) is 0 Å². The van der Waals surface area contributed by atoms with Crippen LogP contribution in [0.1, 0.15) is 0 Å². The van der Waals surface area contributed by atoms with Crippen LogP contribution in [0.15, 0.2) is 53.3 Å². The molecule has 0 saturated carbocycles. The normalized spacial score (nSPS) is 11.3. The number of benzene rings is 2. The average Bonchev–Trinajstić information content (AvgIpc) is 2.50. The number of para-hydroxylation sites is 2. The lowest BCUT2D eigenvalue weighted by atomic mass is 10.1. The molecule has 0 fully saturated rings. The first-order valence-electron chi connectivity index (χ1n) is 6.60. The van der Waals surface area contributed by atoms with Crippen LogP contribution in [0.3, 0.4) is 0 Å². The molecule has 0 aliphatic carbocycles. The van der Waals surface area contributed by atoms with Crippen LogP contribution in [-0.2, 0) is 6.54 Å². The van der Waals surface area contributed by atoms with E-state index in [4.69, 9.17) is 11.6 Å². The molecule has 0 unspecified atom stereocenters. The fourth-order valence-electron chi connectivity index (χ4n) is 2.31. The van der Waals surface area contributed by atoms with Gasteiger partial charge in [-0.25, -0.2) is 13.8 Å². The van der Waals surface area contributed by atoms with E-state index in [0.29, 0.717) is 21.6 Å². The van der Waals surface area contributed by atoms with Crippen molar-refractivity contribution in [1.29, 1.82) is 0 Å². The standard InChI is InChI=1S/C16H11ClF2N2O/c17-11-7-5-10(6-8-11)15-16(22)21(9-14(18)19)13-4-2-1-3-12(13)20-15/h1-8,14H,9H2. The van der Waals surface area contributed by atoms with Crippen LogP contribution in [0.25, 0.3) is 22.3 Å². The summed E-state index contributed by atoms with van der Waals surface area (Å²) in [6.07, 6.45) is -2.62. The molecule has 0 spiro atoms. The quantitative estimate of drug-likeness (QED) is 0.731. The number of fused-ring (bicyclic) bond motifs is 1. The molecule has 112 valence electrons. The SMILES string of the molecule is O=c1c(-c2ccc(Cl)cc2)nc2ccccc2n1CC(F)F. The Morgan fingerprint density at radius 2 is 1.77 bits per heavy atom. The largest absolute Gasteiger partial charge is 0.299 e. The number of alkyl halides is 2. The van der Waals surface area contributed by atoms with Crippen LogP contribution in [0.4, 0.5) is 8.78 Å². The molecule has 0 radical (unpaired) electrons. The maximum Gasteiger partial charge on any atom is 0.277 e. The highest BCUT2D eigenvalue weighted by Gasteiger charge is 2.15. The second-order valence-electron chi connectivity index (χ2n) is 4.76. The van der Waals surface area contributed by atoms with Crippen molar-refractivity contribution in [3.05, 3.63) is 63.9 Å². The lowest BCUT2D eigenvalue weighted by molar-refractivity contribution is 0.127. The minimum atomic E-state index is -2.62. The zero-order chi connectivity index (χ0) is 15.7. The summed E-state index contributed by atoms with van der Waals surface area (Å²) >= 11 is 5.83. The van der Waals surface area contributed by atoms with Crippen LogP contribution in [0.5, 0.6) is 0 Å². The lowest BCUT2D eigenvalue weighted by Crippen LogP contribution is -2.26. The Bertz CT molecular complexity index is 875. The second kappa shape index (κ2) is 5.85. The maximum atomic E-state index is 12.8. The fourth-order valence-corrected chi connectivity index (χ4v) is 2.43. The smallest absolute Gasteiger partial charge is 0.277 e. The predicted molar refractivity (Wildman–Crippen MR) is 82.5 cm³/mol. The van der Waals surface area contributed by atoms with E-state index in [0.717, 1.165) is 4.57 Å². The van der Waals surface area contributed by atoms with E-state index in [1.54, 1.807) is 48.5 Å². The van der Waals surface area contributed by atoms with E-state index in [2.05, 4.69) is 4.98 Å². The summed E-state index contributed by atoms with van der Waals surface area (Å²) in [6.45, 7) is -0.664. The van der Waals surface area contributed by atoms with Gasteiger partial charge in [0, 0.05) is 10.6 Å². The van der Waals surface area contributed by atoms with Crippen molar-refractivity contribution in [2.24, 2.45) is 0 Å². The molecule has 0 atom stereocenters. The van der Waals surface area contributed by atoms with Crippen LogP contribution in [0.2, 0.25) is 5.02 Å². The topological polar surface area (TPSA) is 34.9 Å². The van der Waals surface area contributed by atoms with E-state index in [1.165, 1.54) is 0 Å². The highest BCUT2D eigenvalue weighted by molar-refractivity contribution is 6.30. The van der Waals surface area contributed by atoms with Crippen molar-refractivity contribution in [2.75, 3.05) is 0 Å². The van der Waals surface area contributed by atoms with Gasteiger partial charge in [0.15, 0.2) is 0 Å². The molecule has 22 heavy (non-hydrogen) atoms. The van der Waals surface area contributed by atoms with Crippen molar-refractivity contribution in [3.8, 4) is 11.3 Å². The van der Waals surface area contributed by atoms with E-state index in [1.807, 2.05) is 0 Å². The van der Waals surface area contributed by atoms with E-state index in [9.17, 15) is 13.6 Å². The Hall–Kier alpha value is -2.27. The van der Waals surface area contributed by atoms with Gasteiger partial charge >= 0.3 is 0 Å². The van der Waals surface area contributed by atoms with E-state index < -0.39 is 18.5 Å². The molecule has 6 heteroatoms. The Morgan fingerprint density at radius 3 is 2.45 bits per heavy atom. The summed E-state index contributed by atoms with van der Waals surface area (Å²) < 4.78 is 26.7. The maximum absolute atomic E-state index is 12.8. The zero-order valence-corrected chi connectivity index (χ0v) is 12.1. The van der Waals surface area contributed by atoms with Gasteiger partial charge in [0.05, 0.1) is 17.6 Å². The summed E-state index contributed by atoms with van der Waals surface area (Å²) in [5.41, 5.74) is 1.03. The third-order valence-corrected chi connectivity index (χ3v) is 3.54.